The van der Waals surface area contributed by atoms with Gasteiger partial charge >= 0.3 is 5.66 Å². The van der Waals surface area contributed by atoms with Crippen molar-refractivity contribution in [2.45, 2.75) is 5.66 Å². The van der Waals surface area contributed by atoms with Crippen LogP contribution in [0.1, 0.15) is 11.1 Å². The maximum atomic E-state index is 2.45. The lowest BCUT2D eigenvalue weighted by atomic mass is 9.88. The zero-order chi connectivity index (χ0) is 20.4. The monoisotopic (exact) mass is 396 g/mol. The Morgan fingerprint density at radius 2 is 1.06 bits per heavy atom. The highest BCUT2D eigenvalue weighted by Crippen LogP contribution is 2.47. The van der Waals surface area contributed by atoms with E-state index in [0.29, 0.717) is 0 Å². The van der Waals surface area contributed by atoms with E-state index in [1.54, 1.807) is 0 Å². The number of fused-ring (bicyclic) bond motifs is 10. The molecule has 0 aliphatic carbocycles. The van der Waals surface area contributed by atoms with Crippen molar-refractivity contribution >= 4 is 0 Å². The highest BCUT2D eigenvalue weighted by Gasteiger charge is 2.66. The Morgan fingerprint density at radius 1 is 0.452 bits per heavy atom. The molecular weight excluding hydrogens is 376 g/mol. The number of rotatable bonds is 1. The molecule has 0 fully saturated rings. The van der Waals surface area contributed by atoms with Crippen molar-refractivity contribution in [2.24, 2.45) is 0 Å². The van der Waals surface area contributed by atoms with E-state index < -0.39 is 5.66 Å². The summed E-state index contributed by atoms with van der Waals surface area (Å²) < 4.78 is 4.89. The Kier molecular flexibility index (Phi) is 3.23. The topological polar surface area (TPSA) is 7.76 Å². The van der Waals surface area contributed by atoms with Gasteiger partial charge in [0.2, 0.25) is 11.4 Å². The van der Waals surface area contributed by atoms with Crippen molar-refractivity contribution in [3.63, 3.8) is 0 Å². The molecule has 0 saturated carbocycles. The molecule has 31 heavy (non-hydrogen) atoms. The zero-order valence-electron chi connectivity index (χ0n) is 16.9. The number of benzene rings is 3. The number of nitrogens with zero attached hydrogens (tertiary/aromatic N) is 2. The lowest BCUT2D eigenvalue weighted by molar-refractivity contribution is -0.955. The maximum absolute atomic E-state index is 2.45. The van der Waals surface area contributed by atoms with Crippen molar-refractivity contribution in [1.82, 2.24) is 0 Å². The average Bonchev–Trinajstić information content (AvgIpc) is 3.32. The average molecular weight is 396 g/mol. The van der Waals surface area contributed by atoms with Gasteiger partial charge in [-0.25, -0.2) is 0 Å². The van der Waals surface area contributed by atoms with Crippen LogP contribution in [0.4, 0.5) is 0 Å². The van der Waals surface area contributed by atoms with E-state index in [0.717, 1.165) is 0 Å². The summed E-state index contributed by atoms with van der Waals surface area (Å²) in [7, 11) is 0. The molecule has 2 aliphatic heterocycles. The minimum absolute atomic E-state index is 0.408. The van der Waals surface area contributed by atoms with Gasteiger partial charge in [-0.15, -0.1) is 9.13 Å². The quantitative estimate of drug-likeness (QED) is 0.338. The molecule has 0 amide bonds. The van der Waals surface area contributed by atoms with E-state index in [4.69, 9.17) is 0 Å². The molecule has 2 aliphatic rings. The largest absolute Gasteiger partial charge is 0.417 e. The Labute approximate surface area is 181 Å². The van der Waals surface area contributed by atoms with Crippen LogP contribution in [0.3, 0.4) is 0 Å². The third-order valence-electron chi connectivity index (χ3n) is 6.77. The minimum Gasteiger partial charge on any atom is -0.126 e. The van der Waals surface area contributed by atoms with Crippen LogP contribution in [0.25, 0.3) is 33.6 Å². The van der Waals surface area contributed by atoms with E-state index in [2.05, 4.69) is 131 Å². The van der Waals surface area contributed by atoms with Gasteiger partial charge in [-0.2, -0.15) is 0 Å². The normalized spacial score (nSPS) is 17.2. The van der Waals surface area contributed by atoms with Gasteiger partial charge in [-0.1, -0.05) is 48.5 Å². The molecule has 2 nitrogen and oxygen atoms in total. The van der Waals surface area contributed by atoms with E-state index in [1.165, 1.54) is 44.8 Å². The lowest BCUT2D eigenvalue weighted by Gasteiger charge is -2.17. The molecular formula is C29H20N2+2. The Morgan fingerprint density at radius 3 is 1.84 bits per heavy atom. The number of aromatic nitrogens is 2. The maximum Gasteiger partial charge on any atom is 0.417 e. The number of hydrogen-bond donors (Lipinski definition) is 0. The summed E-state index contributed by atoms with van der Waals surface area (Å²) in [6.45, 7) is 0. The highest BCUT2D eigenvalue weighted by molar-refractivity contribution is 5.78. The zero-order valence-corrected chi connectivity index (χ0v) is 16.9. The van der Waals surface area contributed by atoms with E-state index in [1.807, 2.05) is 0 Å². The summed E-state index contributed by atoms with van der Waals surface area (Å²) in [4.78, 5) is 0. The molecule has 7 rings (SSSR count). The van der Waals surface area contributed by atoms with Crippen LogP contribution in [0.2, 0.25) is 0 Å². The molecule has 0 saturated heterocycles. The third-order valence-corrected chi connectivity index (χ3v) is 6.77. The summed E-state index contributed by atoms with van der Waals surface area (Å²) in [5.74, 6) is 0. The molecule has 2 heteroatoms. The summed E-state index contributed by atoms with van der Waals surface area (Å²) in [6, 6.07) is 39.4. The summed E-state index contributed by atoms with van der Waals surface area (Å²) in [5, 5.41) is 0. The first kappa shape index (κ1) is 16.7. The molecule has 144 valence electrons. The second kappa shape index (κ2) is 5.99. The van der Waals surface area contributed by atoms with Gasteiger partial charge in [-0.3, -0.25) is 0 Å². The molecule has 0 bridgehead atoms. The molecule has 0 radical (unpaired) electrons. The van der Waals surface area contributed by atoms with Crippen LogP contribution < -0.4 is 9.13 Å². The lowest BCUT2D eigenvalue weighted by Crippen LogP contribution is -2.71. The van der Waals surface area contributed by atoms with Crippen molar-refractivity contribution < 1.29 is 9.13 Å². The van der Waals surface area contributed by atoms with Gasteiger partial charge < -0.3 is 0 Å². The van der Waals surface area contributed by atoms with Crippen LogP contribution in [0.5, 0.6) is 0 Å². The smallest absolute Gasteiger partial charge is 0.126 e. The minimum atomic E-state index is -0.408. The molecule has 1 unspecified atom stereocenters. The van der Waals surface area contributed by atoms with Crippen LogP contribution in [0.15, 0.2) is 122 Å². The van der Waals surface area contributed by atoms with Gasteiger partial charge in [0.15, 0.2) is 12.4 Å². The van der Waals surface area contributed by atoms with E-state index in [9.17, 15) is 0 Å². The van der Waals surface area contributed by atoms with Crippen molar-refractivity contribution in [3.8, 4) is 33.6 Å². The molecule has 3 aromatic carbocycles. The first-order valence-corrected chi connectivity index (χ1v) is 10.7. The van der Waals surface area contributed by atoms with Gasteiger partial charge in [0.25, 0.3) is 0 Å². The van der Waals surface area contributed by atoms with E-state index >= 15 is 0 Å². The second-order valence-electron chi connectivity index (χ2n) is 8.26. The van der Waals surface area contributed by atoms with Gasteiger partial charge in [0.1, 0.15) is 11.1 Å². The van der Waals surface area contributed by atoms with Gasteiger partial charge in [0, 0.05) is 24.3 Å². The standard InChI is InChI=1S/C29H20N2/c1-2-10-21(11-3-1)22-16-17-26-24(20-22)28-15-7-9-19-31(28)29(26)25-13-5-4-12-23(25)27-14-6-8-18-30(27)29/h1-20H/q+2. The first-order valence-electron chi connectivity index (χ1n) is 10.7. The molecule has 2 aromatic heterocycles. The number of pyridine rings is 2. The molecule has 4 heterocycles. The second-order valence-corrected chi connectivity index (χ2v) is 8.26. The van der Waals surface area contributed by atoms with E-state index in [-0.39, 0.29) is 0 Å². The van der Waals surface area contributed by atoms with Crippen molar-refractivity contribution in [1.29, 1.82) is 0 Å². The molecule has 0 N–H and O–H groups in total. The Balaban J connectivity index is 1.61. The van der Waals surface area contributed by atoms with Crippen LogP contribution in [0, 0.1) is 0 Å². The molecule has 1 spiro atoms. The SMILES string of the molecule is c1ccc(-c2ccc3c(c2)-c2cccc[n+]2C32c3ccccc3-c3cccc[n+]32)cc1. The summed E-state index contributed by atoms with van der Waals surface area (Å²) in [5.41, 5.74) is 9.81. The van der Waals surface area contributed by atoms with Crippen LogP contribution in [-0.4, -0.2) is 0 Å². The van der Waals surface area contributed by atoms with Crippen molar-refractivity contribution in [2.75, 3.05) is 0 Å². The molecule has 5 aromatic rings. The summed E-state index contributed by atoms with van der Waals surface area (Å²) in [6.07, 6.45) is 4.45. The first-order chi connectivity index (χ1) is 15.4. The predicted molar refractivity (Wildman–Crippen MR) is 121 cm³/mol. The van der Waals surface area contributed by atoms with Gasteiger partial charge in [0.05, 0.1) is 11.1 Å². The third kappa shape index (κ3) is 2.02. The fourth-order valence-electron chi connectivity index (χ4n) is 5.55. The summed E-state index contributed by atoms with van der Waals surface area (Å²) >= 11 is 0. The molecule has 1 atom stereocenters. The van der Waals surface area contributed by atoms with Crippen LogP contribution in [-0.2, 0) is 5.66 Å². The highest BCUT2D eigenvalue weighted by atomic mass is 15.3. The fraction of sp³-hybridized carbons (Fsp3) is 0.0345. The fourth-order valence-corrected chi connectivity index (χ4v) is 5.55. The van der Waals surface area contributed by atoms with Gasteiger partial charge in [-0.05, 0) is 47.5 Å². The Bertz CT molecular complexity index is 1440. The Hall–Kier alpha value is -4.04. The number of hydrogen-bond acceptors (Lipinski definition) is 0. The van der Waals surface area contributed by atoms with Crippen molar-refractivity contribution in [3.05, 3.63) is 133 Å². The predicted octanol–water partition coefficient (Wildman–Crippen LogP) is 5.19. The van der Waals surface area contributed by atoms with Crippen LogP contribution >= 0.6 is 0 Å².